The second kappa shape index (κ2) is 8.48. The van der Waals surface area contributed by atoms with E-state index < -0.39 is 0 Å². The Kier molecular flexibility index (Phi) is 5.37. The Morgan fingerprint density at radius 3 is 2.58 bits per heavy atom. The third-order valence-corrected chi connectivity index (χ3v) is 8.06. The standard InChI is InChI=1S/C22H19N3O4.C6H11N/c1-13-17(22(27)24-8-3-9-24)11-25-21(13)19(6-7-23-25)29-15-4-5-16-18(12-26)14(2)28-20(16)10-15;1-7-6-2-5(3-6)4-6/h4-7,10-12H,3,8-9H2,1-2H3;5,7H,2-4H2,1H3. The van der Waals surface area contributed by atoms with Crippen LogP contribution < -0.4 is 10.1 Å². The highest BCUT2D eigenvalue weighted by molar-refractivity contribution is 5.99. The maximum Gasteiger partial charge on any atom is 0.255 e. The second-order valence-corrected chi connectivity index (χ2v) is 10.3. The van der Waals surface area contributed by atoms with Crippen molar-refractivity contribution in [2.45, 2.75) is 45.1 Å². The number of carbonyl (C=O) groups excluding carboxylic acids is 2. The molecule has 3 saturated carbocycles. The molecule has 1 aromatic carbocycles. The van der Waals surface area contributed by atoms with Crippen LogP contribution in [0, 0.1) is 19.8 Å². The number of aryl methyl sites for hydroxylation is 2. The molecule has 8 nitrogen and oxygen atoms in total. The molecule has 0 atom stereocenters. The summed E-state index contributed by atoms with van der Waals surface area (Å²) in [6.45, 7) is 5.27. The van der Waals surface area contributed by atoms with Crippen molar-refractivity contribution in [2.75, 3.05) is 20.1 Å². The Hall–Kier alpha value is -3.65. The van der Waals surface area contributed by atoms with Gasteiger partial charge in [-0.2, -0.15) is 5.10 Å². The summed E-state index contributed by atoms with van der Waals surface area (Å²) in [4.78, 5) is 25.8. The number of carbonyl (C=O) groups is 2. The number of fused-ring (bicyclic) bond motifs is 2. The van der Waals surface area contributed by atoms with Crippen molar-refractivity contribution >= 4 is 28.7 Å². The van der Waals surface area contributed by atoms with E-state index in [0.717, 1.165) is 48.2 Å². The average Bonchev–Trinajstić information content (AvgIpc) is 3.27. The Bertz CT molecular complexity index is 1470. The van der Waals surface area contributed by atoms with Gasteiger partial charge in [0.15, 0.2) is 12.0 Å². The zero-order chi connectivity index (χ0) is 25.0. The molecule has 1 aliphatic heterocycles. The lowest BCUT2D eigenvalue weighted by Crippen LogP contribution is -2.65. The SMILES string of the molecule is CNC12CC(C1)C2.Cc1oc2cc(Oc3ccnn4cc(C(=O)N5CCC5)c(C)c34)ccc2c1C=O. The highest BCUT2D eigenvalue weighted by Crippen LogP contribution is 2.56. The van der Waals surface area contributed by atoms with Gasteiger partial charge in [-0.05, 0) is 70.2 Å². The molecule has 0 radical (unpaired) electrons. The van der Waals surface area contributed by atoms with E-state index in [9.17, 15) is 9.59 Å². The lowest BCUT2D eigenvalue weighted by atomic mass is 9.50. The van der Waals surface area contributed by atoms with Crippen LogP contribution in [0.3, 0.4) is 0 Å². The number of aldehydes is 1. The minimum Gasteiger partial charge on any atom is -0.460 e. The number of hydrogen-bond acceptors (Lipinski definition) is 6. The summed E-state index contributed by atoms with van der Waals surface area (Å²) in [5, 5.41) is 8.43. The molecule has 0 unspecified atom stereocenters. The van der Waals surface area contributed by atoms with Crippen LogP contribution in [-0.2, 0) is 0 Å². The number of aromatic nitrogens is 2. The van der Waals surface area contributed by atoms with Crippen molar-refractivity contribution in [3.05, 3.63) is 59.1 Å². The maximum atomic E-state index is 12.7. The van der Waals surface area contributed by atoms with Crippen LogP contribution in [0.1, 0.15) is 57.7 Å². The van der Waals surface area contributed by atoms with Gasteiger partial charge in [0.25, 0.3) is 5.91 Å². The predicted octanol–water partition coefficient (Wildman–Crippen LogP) is 4.91. The zero-order valence-corrected chi connectivity index (χ0v) is 20.8. The lowest BCUT2D eigenvalue weighted by Gasteiger charge is -2.61. The Labute approximate surface area is 209 Å². The molecule has 1 amide bonds. The molecule has 36 heavy (non-hydrogen) atoms. The van der Waals surface area contributed by atoms with Crippen LogP contribution in [0.2, 0.25) is 0 Å². The van der Waals surface area contributed by atoms with Gasteiger partial charge in [0.2, 0.25) is 0 Å². The van der Waals surface area contributed by atoms with Gasteiger partial charge in [0, 0.05) is 42.3 Å². The van der Waals surface area contributed by atoms with Gasteiger partial charge in [0.1, 0.15) is 22.6 Å². The molecule has 8 rings (SSSR count). The molecule has 1 saturated heterocycles. The van der Waals surface area contributed by atoms with Crippen molar-refractivity contribution < 1.29 is 18.7 Å². The first kappa shape index (κ1) is 22.8. The van der Waals surface area contributed by atoms with E-state index >= 15 is 0 Å². The number of nitrogens with zero attached hydrogens (tertiary/aromatic N) is 3. The quantitative estimate of drug-likeness (QED) is 0.404. The summed E-state index contributed by atoms with van der Waals surface area (Å²) >= 11 is 0. The Morgan fingerprint density at radius 1 is 1.22 bits per heavy atom. The van der Waals surface area contributed by atoms with Gasteiger partial charge in [0.05, 0.1) is 17.3 Å². The fourth-order valence-electron chi connectivity index (χ4n) is 5.55. The van der Waals surface area contributed by atoms with Crippen LogP contribution in [-0.4, -0.2) is 52.4 Å². The molecule has 0 spiro atoms. The van der Waals surface area contributed by atoms with E-state index in [4.69, 9.17) is 9.15 Å². The molecule has 186 valence electrons. The fourth-order valence-corrected chi connectivity index (χ4v) is 5.55. The van der Waals surface area contributed by atoms with E-state index in [0.29, 0.717) is 39.5 Å². The normalized spacial score (nSPS) is 21.8. The number of likely N-dealkylation sites (tertiary alicyclic amines) is 1. The Balaban J connectivity index is 0.000000292. The number of amides is 1. The van der Waals surface area contributed by atoms with Crippen LogP contribution in [0.25, 0.3) is 16.5 Å². The fraction of sp³-hybridized carbons (Fsp3) is 0.393. The zero-order valence-electron chi connectivity index (χ0n) is 20.8. The molecule has 4 aromatic rings. The van der Waals surface area contributed by atoms with Gasteiger partial charge in [-0.1, -0.05) is 0 Å². The van der Waals surface area contributed by atoms with E-state index in [2.05, 4.69) is 17.5 Å². The van der Waals surface area contributed by atoms with Crippen LogP contribution in [0.4, 0.5) is 0 Å². The monoisotopic (exact) mass is 486 g/mol. The number of ether oxygens (including phenoxy) is 1. The summed E-state index contributed by atoms with van der Waals surface area (Å²) < 4.78 is 13.5. The summed E-state index contributed by atoms with van der Waals surface area (Å²) in [5.41, 5.74) is 4.03. The molecule has 8 heteroatoms. The van der Waals surface area contributed by atoms with Gasteiger partial charge >= 0.3 is 0 Å². The van der Waals surface area contributed by atoms with Crippen molar-refractivity contribution in [1.29, 1.82) is 0 Å². The summed E-state index contributed by atoms with van der Waals surface area (Å²) in [7, 11) is 2.08. The molecular weight excluding hydrogens is 456 g/mol. The van der Waals surface area contributed by atoms with Gasteiger partial charge in [-0.15, -0.1) is 0 Å². The smallest absolute Gasteiger partial charge is 0.255 e. The third kappa shape index (κ3) is 3.59. The van der Waals surface area contributed by atoms with E-state index in [1.807, 2.05) is 17.9 Å². The van der Waals surface area contributed by atoms with Gasteiger partial charge < -0.3 is 19.4 Å². The van der Waals surface area contributed by atoms with Crippen LogP contribution in [0.5, 0.6) is 11.5 Å². The lowest BCUT2D eigenvalue weighted by molar-refractivity contribution is -0.0445. The van der Waals surface area contributed by atoms with Crippen molar-refractivity contribution in [2.24, 2.45) is 5.92 Å². The first-order valence-corrected chi connectivity index (χ1v) is 12.5. The molecular formula is C28H30N4O4. The molecule has 3 aliphatic carbocycles. The largest absolute Gasteiger partial charge is 0.460 e. The molecule has 4 heterocycles. The minimum absolute atomic E-state index is 0.0269. The summed E-state index contributed by atoms with van der Waals surface area (Å²) in [6.07, 6.45) is 9.63. The van der Waals surface area contributed by atoms with Crippen molar-refractivity contribution in [1.82, 2.24) is 19.8 Å². The topological polar surface area (TPSA) is 89.1 Å². The van der Waals surface area contributed by atoms with E-state index in [1.54, 1.807) is 42.0 Å². The molecule has 3 aromatic heterocycles. The molecule has 2 bridgehead atoms. The second-order valence-electron chi connectivity index (χ2n) is 10.3. The first-order chi connectivity index (χ1) is 17.4. The number of furan rings is 1. The van der Waals surface area contributed by atoms with Crippen molar-refractivity contribution in [3.63, 3.8) is 0 Å². The number of nitrogens with one attached hydrogen (secondary N) is 1. The summed E-state index contributed by atoms with van der Waals surface area (Å²) in [6, 6.07) is 7.14. The average molecular weight is 487 g/mol. The predicted molar refractivity (Wildman–Crippen MR) is 136 cm³/mol. The number of benzene rings is 1. The van der Waals surface area contributed by atoms with Crippen LogP contribution >= 0.6 is 0 Å². The van der Waals surface area contributed by atoms with Gasteiger partial charge in [-0.3, -0.25) is 9.59 Å². The molecule has 1 N–H and O–H groups in total. The highest BCUT2D eigenvalue weighted by atomic mass is 16.5. The number of hydrogen-bond donors (Lipinski definition) is 1. The molecule has 4 fully saturated rings. The molecule has 4 aliphatic rings. The number of rotatable bonds is 5. The van der Waals surface area contributed by atoms with Crippen LogP contribution in [0.15, 0.2) is 41.1 Å². The highest BCUT2D eigenvalue weighted by Gasteiger charge is 2.55. The van der Waals surface area contributed by atoms with E-state index in [-0.39, 0.29) is 5.91 Å². The van der Waals surface area contributed by atoms with E-state index in [1.165, 1.54) is 19.3 Å². The summed E-state index contributed by atoms with van der Waals surface area (Å²) in [5.74, 6) is 2.90. The van der Waals surface area contributed by atoms with Crippen molar-refractivity contribution in [3.8, 4) is 11.5 Å². The Morgan fingerprint density at radius 2 is 2.00 bits per heavy atom. The maximum absolute atomic E-state index is 12.7. The van der Waals surface area contributed by atoms with Gasteiger partial charge in [-0.25, -0.2) is 4.52 Å². The minimum atomic E-state index is 0.0269. The first-order valence-electron chi connectivity index (χ1n) is 12.5. The third-order valence-electron chi connectivity index (χ3n) is 8.06.